The second-order valence-electron chi connectivity index (χ2n) is 3.81. The van der Waals surface area contributed by atoms with Crippen LogP contribution >= 0.6 is 11.6 Å². The quantitative estimate of drug-likeness (QED) is 0.881. The van der Waals surface area contributed by atoms with Crippen molar-refractivity contribution in [2.75, 3.05) is 17.2 Å². The van der Waals surface area contributed by atoms with Gasteiger partial charge in [-0.1, -0.05) is 13.0 Å². The molecule has 0 saturated heterocycles. The van der Waals surface area contributed by atoms with Crippen molar-refractivity contribution in [1.82, 2.24) is 15.0 Å². The highest BCUT2D eigenvalue weighted by molar-refractivity contribution is 6.28. The summed E-state index contributed by atoms with van der Waals surface area (Å²) in [5.41, 5.74) is 0.545. The fourth-order valence-electron chi connectivity index (χ4n) is 1.42. The average molecular weight is 282 g/mol. The SMILES string of the molecule is CCCNc1nc(Cl)nc(Nc2cccc(F)c2)n1. The van der Waals surface area contributed by atoms with E-state index in [1.165, 1.54) is 12.1 Å². The van der Waals surface area contributed by atoms with Gasteiger partial charge in [-0.25, -0.2) is 4.39 Å². The van der Waals surface area contributed by atoms with Crippen molar-refractivity contribution in [1.29, 1.82) is 0 Å². The van der Waals surface area contributed by atoms with Crippen molar-refractivity contribution in [3.8, 4) is 0 Å². The molecular weight excluding hydrogens is 269 g/mol. The monoisotopic (exact) mass is 281 g/mol. The molecular formula is C12H13ClFN5. The number of aromatic nitrogens is 3. The lowest BCUT2D eigenvalue weighted by atomic mass is 10.3. The molecule has 1 aromatic heterocycles. The topological polar surface area (TPSA) is 62.7 Å². The molecule has 0 aliphatic rings. The predicted molar refractivity (Wildman–Crippen MR) is 73.3 cm³/mol. The molecule has 0 bridgehead atoms. The van der Waals surface area contributed by atoms with E-state index in [0.717, 1.165) is 13.0 Å². The highest BCUT2D eigenvalue weighted by Gasteiger charge is 2.05. The van der Waals surface area contributed by atoms with E-state index < -0.39 is 0 Å². The molecule has 2 rings (SSSR count). The number of hydrogen-bond acceptors (Lipinski definition) is 5. The van der Waals surface area contributed by atoms with E-state index in [1.54, 1.807) is 12.1 Å². The smallest absolute Gasteiger partial charge is 0.233 e. The lowest BCUT2D eigenvalue weighted by molar-refractivity contribution is 0.628. The third kappa shape index (κ3) is 4.03. The Hall–Kier alpha value is -1.95. The molecule has 1 heterocycles. The average Bonchev–Trinajstić information content (AvgIpc) is 2.35. The number of nitrogens with zero attached hydrogens (tertiary/aromatic N) is 3. The Morgan fingerprint density at radius 2 is 2.00 bits per heavy atom. The summed E-state index contributed by atoms with van der Waals surface area (Å²) in [6, 6.07) is 6.01. The third-order valence-corrected chi connectivity index (χ3v) is 2.39. The first kappa shape index (κ1) is 13.5. The minimum atomic E-state index is -0.338. The van der Waals surface area contributed by atoms with Gasteiger partial charge < -0.3 is 10.6 Å². The standard InChI is InChI=1S/C12H13ClFN5/c1-2-6-15-11-17-10(13)18-12(19-11)16-9-5-3-4-8(14)7-9/h3-5,7H,2,6H2,1H3,(H2,15,16,17,18,19). The van der Waals surface area contributed by atoms with Gasteiger partial charge in [-0.05, 0) is 36.2 Å². The molecule has 2 N–H and O–H groups in total. The molecule has 7 heteroatoms. The Bertz CT molecular complexity index is 564. The number of anilines is 3. The highest BCUT2D eigenvalue weighted by atomic mass is 35.5. The molecule has 19 heavy (non-hydrogen) atoms. The van der Waals surface area contributed by atoms with E-state index in [0.29, 0.717) is 11.6 Å². The van der Waals surface area contributed by atoms with E-state index in [1.807, 2.05) is 6.92 Å². The van der Waals surface area contributed by atoms with Crippen molar-refractivity contribution in [2.45, 2.75) is 13.3 Å². The van der Waals surface area contributed by atoms with Crippen LogP contribution in [0.15, 0.2) is 24.3 Å². The minimum absolute atomic E-state index is 0.0764. The summed E-state index contributed by atoms with van der Waals surface area (Å²) < 4.78 is 13.1. The van der Waals surface area contributed by atoms with Gasteiger partial charge in [0.25, 0.3) is 0 Å². The van der Waals surface area contributed by atoms with Crippen LogP contribution in [-0.2, 0) is 0 Å². The Labute approximate surface area is 115 Å². The van der Waals surface area contributed by atoms with Crippen LogP contribution in [-0.4, -0.2) is 21.5 Å². The molecule has 0 atom stereocenters. The second-order valence-corrected chi connectivity index (χ2v) is 4.15. The van der Waals surface area contributed by atoms with Gasteiger partial charge in [0.05, 0.1) is 0 Å². The fourth-order valence-corrected chi connectivity index (χ4v) is 1.58. The zero-order valence-corrected chi connectivity index (χ0v) is 11.1. The molecule has 0 unspecified atom stereocenters. The zero-order chi connectivity index (χ0) is 13.7. The number of halogens is 2. The molecule has 100 valence electrons. The fraction of sp³-hybridized carbons (Fsp3) is 0.250. The normalized spacial score (nSPS) is 10.3. The van der Waals surface area contributed by atoms with E-state index in [4.69, 9.17) is 11.6 Å². The van der Waals surface area contributed by atoms with Gasteiger partial charge in [-0.15, -0.1) is 0 Å². The van der Waals surface area contributed by atoms with Crippen LogP contribution in [0.3, 0.4) is 0 Å². The number of rotatable bonds is 5. The van der Waals surface area contributed by atoms with Crippen molar-refractivity contribution in [3.63, 3.8) is 0 Å². The minimum Gasteiger partial charge on any atom is -0.354 e. The van der Waals surface area contributed by atoms with Crippen LogP contribution in [0.2, 0.25) is 5.28 Å². The van der Waals surface area contributed by atoms with Gasteiger partial charge in [0.1, 0.15) is 5.82 Å². The Morgan fingerprint density at radius 3 is 2.74 bits per heavy atom. The molecule has 0 aliphatic carbocycles. The van der Waals surface area contributed by atoms with Crippen molar-refractivity contribution >= 4 is 29.2 Å². The first-order chi connectivity index (χ1) is 9.17. The van der Waals surface area contributed by atoms with E-state index >= 15 is 0 Å². The van der Waals surface area contributed by atoms with Crippen LogP contribution in [0, 0.1) is 5.82 Å². The zero-order valence-electron chi connectivity index (χ0n) is 10.3. The highest BCUT2D eigenvalue weighted by Crippen LogP contribution is 2.16. The maximum absolute atomic E-state index is 13.1. The maximum Gasteiger partial charge on any atom is 0.233 e. The summed E-state index contributed by atoms with van der Waals surface area (Å²) in [6.07, 6.45) is 0.940. The van der Waals surface area contributed by atoms with Crippen LogP contribution in [0.1, 0.15) is 13.3 Å². The van der Waals surface area contributed by atoms with Gasteiger partial charge in [0.2, 0.25) is 17.2 Å². The van der Waals surface area contributed by atoms with Crippen LogP contribution in [0.5, 0.6) is 0 Å². The van der Waals surface area contributed by atoms with Crippen LogP contribution in [0.25, 0.3) is 0 Å². The predicted octanol–water partition coefficient (Wildman–Crippen LogP) is 3.23. The van der Waals surface area contributed by atoms with Gasteiger partial charge >= 0.3 is 0 Å². The Kier molecular flexibility index (Phi) is 4.46. The van der Waals surface area contributed by atoms with Crippen molar-refractivity contribution in [3.05, 3.63) is 35.4 Å². The summed E-state index contributed by atoms with van der Waals surface area (Å²) in [5.74, 6) is 0.319. The van der Waals surface area contributed by atoms with Crippen molar-refractivity contribution < 1.29 is 4.39 Å². The lowest BCUT2D eigenvalue weighted by Gasteiger charge is -2.07. The molecule has 0 aliphatic heterocycles. The van der Waals surface area contributed by atoms with Gasteiger partial charge in [-0.2, -0.15) is 15.0 Å². The third-order valence-electron chi connectivity index (χ3n) is 2.22. The van der Waals surface area contributed by atoms with Crippen LogP contribution in [0.4, 0.5) is 22.0 Å². The molecule has 1 aromatic carbocycles. The summed E-state index contributed by atoms with van der Waals surface area (Å²) in [6.45, 7) is 2.77. The van der Waals surface area contributed by atoms with Gasteiger partial charge in [-0.3, -0.25) is 0 Å². The molecule has 0 amide bonds. The molecule has 5 nitrogen and oxygen atoms in total. The molecule has 0 fully saturated rings. The van der Waals surface area contributed by atoms with E-state index in [-0.39, 0.29) is 17.0 Å². The first-order valence-corrected chi connectivity index (χ1v) is 6.23. The molecule has 0 saturated carbocycles. The largest absolute Gasteiger partial charge is 0.354 e. The Balaban J connectivity index is 2.17. The molecule has 0 spiro atoms. The Morgan fingerprint density at radius 1 is 1.21 bits per heavy atom. The lowest BCUT2D eigenvalue weighted by Crippen LogP contribution is -2.07. The van der Waals surface area contributed by atoms with Gasteiger partial charge in [0.15, 0.2) is 0 Å². The number of nitrogens with one attached hydrogen (secondary N) is 2. The maximum atomic E-state index is 13.1. The summed E-state index contributed by atoms with van der Waals surface area (Å²) in [7, 11) is 0. The number of hydrogen-bond donors (Lipinski definition) is 2. The summed E-state index contributed by atoms with van der Waals surface area (Å²) in [4.78, 5) is 12.0. The van der Waals surface area contributed by atoms with Crippen molar-refractivity contribution in [2.24, 2.45) is 0 Å². The van der Waals surface area contributed by atoms with E-state index in [9.17, 15) is 4.39 Å². The van der Waals surface area contributed by atoms with Gasteiger partial charge in [0, 0.05) is 12.2 Å². The first-order valence-electron chi connectivity index (χ1n) is 5.85. The van der Waals surface area contributed by atoms with E-state index in [2.05, 4.69) is 25.6 Å². The summed E-state index contributed by atoms with van der Waals surface area (Å²) in [5, 5.41) is 5.96. The molecule has 2 aromatic rings. The second kappa shape index (κ2) is 6.29. The number of benzene rings is 1. The van der Waals surface area contributed by atoms with Crippen LogP contribution < -0.4 is 10.6 Å². The molecule has 0 radical (unpaired) electrons. The summed E-state index contributed by atoms with van der Waals surface area (Å²) >= 11 is 5.81.